The van der Waals surface area contributed by atoms with Crippen LogP contribution in [-0.4, -0.2) is 55.5 Å². The molecule has 0 saturated heterocycles. The first-order chi connectivity index (χ1) is 18.3. The highest BCUT2D eigenvalue weighted by molar-refractivity contribution is 5.88. The summed E-state index contributed by atoms with van der Waals surface area (Å²) >= 11 is 0. The molecule has 1 aromatic heterocycles. The summed E-state index contributed by atoms with van der Waals surface area (Å²) < 4.78 is 17.8. The van der Waals surface area contributed by atoms with Crippen molar-refractivity contribution in [2.24, 2.45) is 0 Å². The Morgan fingerprint density at radius 2 is 1.55 bits per heavy atom. The van der Waals surface area contributed by atoms with Gasteiger partial charge in [-0.2, -0.15) is 0 Å². The van der Waals surface area contributed by atoms with Crippen molar-refractivity contribution in [1.29, 1.82) is 0 Å². The second-order valence-corrected chi connectivity index (χ2v) is 10.3. The maximum atomic E-state index is 9.06. The van der Waals surface area contributed by atoms with Gasteiger partial charge in [0.25, 0.3) is 0 Å². The highest BCUT2D eigenvalue weighted by Crippen LogP contribution is 2.37. The summed E-state index contributed by atoms with van der Waals surface area (Å²) in [7, 11) is 3.56. The molecule has 0 fully saturated rings. The standard InChI is InChI=1S/C31H37N3O4/c1-31(2,3)22-6-8-23(9-7-22)33-24-10-12-25(13-11-24)38-28-14-15-32-27-21-30(29(36-5)20-26(27)28)37-19-17-34(4)16-18-35/h6-15,20-21,33,35H,16-19H2,1-5H3. The van der Waals surface area contributed by atoms with Crippen molar-refractivity contribution >= 4 is 22.3 Å². The number of hydrogen-bond acceptors (Lipinski definition) is 7. The molecule has 7 heteroatoms. The second-order valence-electron chi connectivity index (χ2n) is 10.3. The van der Waals surface area contributed by atoms with E-state index in [0.29, 0.717) is 36.9 Å². The Labute approximate surface area is 225 Å². The molecule has 0 saturated carbocycles. The topological polar surface area (TPSA) is 76.1 Å². The van der Waals surface area contributed by atoms with Crippen LogP contribution in [0.1, 0.15) is 26.3 Å². The Hall–Kier alpha value is -3.81. The Bertz CT molecular complexity index is 1330. The second kappa shape index (κ2) is 12.2. The Kier molecular flexibility index (Phi) is 8.71. The zero-order chi connectivity index (χ0) is 27.1. The van der Waals surface area contributed by atoms with Gasteiger partial charge < -0.3 is 29.5 Å². The van der Waals surface area contributed by atoms with Gasteiger partial charge in [-0.05, 0) is 66.6 Å². The summed E-state index contributed by atoms with van der Waals surface area (Å²) in [6.07, 6.45) is 1.72. The molecule has 0 unspecified atom stereocenters. The number of nitrogens with one attached hydrogen (secondary N) is 1. The van der Waals surface area contributed by atoms with E-state index in [1.165, 1.54) is 5.56 Å². The number of methoxy groups -OCH3 is 1. The van der Waals surface area contributed by atoms with Gasteiger partial charge in [-0.15, -0.1) is 0 Å². The maximum Gasteiger partial charge on any atom is 0.163 e. The molecule has 7 nitrogen and oxygen atoms in total. The Balaban J connectivity index is 1.46. The van der Waals surface area contributed by atoms with E-state index in [2.05, 4.69) is 55.3 Å². The van der Waals surface area contributed by atoms with E-state index in [4.69, 9.17) is 19.3 Å². The first-order valence-corrected chi connectivity index (χ1v) is 12.8. The fourth-order valence-corrected chi connectivity index (χ4v) is 4.04. The van der Waals surface area contributed by atoms with Crippen LogP contribution in [0.15, 0.2) is 72.9 Å². The van der Waals surface area contributed by atoms with E-state index < -0.39 is 0 Å². The summed E-state index contributed by atoms with van der Waals surface area (Å²) in [4.78, 5) is 6.51. The summed E-state index contributed by atoms with van der Waals surface area (Å²) in [6, 6.07) is 22.0. The molecule has 3 aromatic carbocycles. The van der Waals surface area contributed by atoms with Crippen LogP contribution >= 0.6 is 0 Å². The van der Waals surface area contributed by atoms with Crippen LogP contribution in [-0.2, 0) is 5.41 Å². The summed E-state index contributed by atoms with van der Waals surface area (Å²) in [5.74, 6) is 2.63. The van der Waals surface area contributed by atoms with Crippen LogP contribution in [0.4, 0.5) is 11.4 Å². The molecule has 0 radical (unpaired) electrons. The van der Waals surface area contributed by atoms with Crippen molar-refractivity contribution < 1.29 is 19.3 Å². The number of likely N-dealkylation sites (N-methyl/N-ethyl adjacent to an activating group) is 1. The van der Waals surface area contributed by atoms with Crippen LogP contribution in [0.25, 0.3) is 10.9 Å². The number of aliphatic hydroxyl groups excluding tert-OH is 1. The SMILES string of the molecule is COc1cc2c(Oc3ccc(Nc4ccc(C(C)(C)C)cc4)cc3)ccnc2cc1OCCN(C)CCO. The summed E-state index contributed by atoms with van der Waals surface area (Å²) in [5.41, 5.74) is 4.20. The molecule has 0 bridgehead atoms. The van der Waals surface area contributed by atoms with Gasteiger partial charge in [0.1, 0.15) is 18.1 Å². The van der Waals surface area contributed by atoms with Gasteiger partial charge in [0.15, 0.2) is 11.5 Å². The van der Waals surface area contributed by atoms with Gasteiger partial charge in [-0.25, -0.2) is 0 Å². The Morgan fingerprint density at radius 1 is 0.868 bits per heavy atom. The lowest BCUT2D eigenvalue weighted by molar-refractivity contribution is 0.190. The van der Waals surface area contributed by atoms with Crippen molar-refractivity contribution in [3.63, 3.8) is 0 Å². The summed E-state index contributed by atoms with van der Waals surface area (Å²) in [5, 5.41) is 13.3. The molecular formula is C31H37N3O4. The molecule has 0 aliphatic heterocycles. The van der Waals surface area contributed by atoms with E-state index in [9.17, 15) is 0 Å². The number of aliphatic hydroxyl groups is 1. The minimum atomic E-state index is 0.118. The van der Waals surface area contributed by atoms with E-state index >= 15 is 0 Å². The average molecular weight is 516 g/mol. The number of rotatable bonds is 11. The molecule has 0 amide bonds. The molecule has 0 spiro atoms. The Morgan fingerprint density at radius 3 is 2.18 bits per heavy atom. The van der Waals surface area contributed by atoms with Crippen LogP contribution in [0.5, 0.6) is 23.0 Å². The number of fused-ring (bicyclic) bond motifs is 1. The third-order valence-corrected chi connectivity index (χ3v) is 6.32. The fraction of sp³-hybridized carbons (Fsp3) is 0.323. The number of ether oxygens (including phenoxy) is 3. The number of benzene rings is 3. The van der Waals surface area contributed by atoms with Crippen molar-refractivity contribution in [2.45, 2.75) is 26.2 Å². The van der Waals surface area contributed by atoms with Crippen LogP contribution in [0.3, 0.4) is 0 Å². The van der Waals surface area contributed by atoms with Gasteiger partial charge in [0, 0.05) is 42.1 Å². The highest BCUT2D eigenvalue weighted by Gasteiger charge is 2.14. The molecule has 0 aliphatic carbocycles. The number of hydrogen-bond donors (Lipinski definition) is 2. The predicted molar refractivity (Wildman–Crippen MR) is 153 cm³/mol. The molecule has 2 N–H and O–H groups in total. The lowest BCUT2D eigenvalue weighted by Crippen LogP contribution is -2.27. The third kappa shape index (κ3) is 6.94. The molecule has 0 atom stereocenters. The third-order valence-electron chi connectivity index (χ3n) is 6.32. The van der Waals surface area contributed by atoms with Gasteiger partial charge >= 0.3 is 0 Å². The van der Waals surface area contributed by atoms with Gasteiger partial charge in [0.2, 0.25) is 0 Å². The molecule has 4 rings (SSSR count). The molecule has 0 aliphatic rings. The van der Waals surface area contributed by atoms with Gasteiger partial charge in [-0.3, -0.25) is 4.98 Å². The van der Waals surface area contributed by atoms with E-state index in [1.807, 2.05) is 54.4 Å². The quantitative estimate of drug-likeness (QED) is 0.240. The number of nitrogens with zero attached hydrogens (tertiary/aromatic N) is 2. The first-order valence-electron chi connectivity index (χ1n) is 12.8. The maximum absolute atomic E-state index is 9.06. The van der Waals surface area contributed by atoms with Crippen molar-refractivity contribution in [1.82, 2.24) is 9.88 Å². The van der Waals surface area contributed by atoms with E-state index in [0.717, 1.165) is 28.0 Å². The van der Waals surface area contributed by atoms with E-state index in [-0.39, 0.29) is 12.0 Å². The smallest absolute Gasteiger partial charge is 0.163 e. The molecular weight excluding hydrogens is 478 g/mol. The highest BCUT2D eigenvalue weighted by atomic mass is 16.5. The lowest BCUT2D eigenvalue weighted by atomic mass is 9.87. The average Bonchev–Trinajstić information content (AvgIpc) is 2.89. The van der Waals surface area contributed by atoms with Gasteiger partial charge in [0.05, 0.1) is 19.2 Å². The van der Waals surface area contributed by atoms with Crippen LogP contribution < -0.4 is 19.5 Å². The lowest BCUT2D eigenvalue weighted by Gasteiger charge is -2.19. The number of pyridine rings is 1. The number of anilines is 2. The molecule has 1 heterocycles. The fourth-order valence-electron chi connectivity index (χ4n) is 4.04. The monoisotopic (exact) mass is 515 g/mol. The molecule has 200 valence electrons. The normalized spacial score (nSPS) is 11.6. The summed E-state index contributed by atoms with van der Waals surface area (Å²) in [6.45, 7) is 8.51. The van der Waals surface area contributed by atoms with Crippen LogP contribution in [0, 0.1) is 0 Å². The zero-order valence-corrected chi connectivity index (χ0v) is 22.8. The van der Waals surface area contributed by atoms with Crippen molar-refractivity contribution in [2.75, 3.05) is 45.8 Å². The largest absolute Gasteiger partial charge is 0.493 e. The van der Waals surface area contributed by atoms with Crippen LogP contribution in [0.2, 0.25) is 0 Å². The predicted octanol–water partition coefficient (Wildman–Crippen LogP) is 6.38. The van der Waals surface area contributed by atoms with E-state index in [1.54, 1.807) is 13.3 Å². The zero-order valence-electron chi connectivity index (χ0n) is 22.8. The minimum Gasteiger partial charge on any atom is -0.493 e. The van der Waals surface area contributed by atoms with Crippen molar-refractivity contribution in [3.8, 4) is 23.0 Å². The minimum absolute atomic E-state index is 0.118. The van der Waals surface area contributed by atoms with Crippen molar-refractivity contribution in [3.05, 3.63) is 78.5 Å². The molecule has 4 aromatic rings. The first kappa shape index (κ1) is 27.2. The number of aromatic nitrogens is 1. The molecule has 38 heavy (non-hydrogen) atoms. The van der Waals surface area contributed by atoms with Gasteiger partial charge in [-0.1, -0.05) is 32.9 Å².